The Morgan fingerprint density at radius 1 is 1.47 bits per heavy atom. The first kappa shape index (κ1) is 14.2. The third kappa shape index (κ3) is 4.46. The summed E-state index contributed by atoms with van der Waals surface area (Å²) in [6, 6.07) is 3.62. The van der Waals surface area contributed by atoms with E-state index >= 15 is 0 Å². The molecule has 0 N–H and O–H groups in total. The zero-order valence-electron chi connectivity index (χ0n) is 10.4. The van der Waals surface area contributed by atoms with Gasteiger partial charge >= 0.3 is 0 Å². The molecule has 0 spiro atoms. The van der Waals surface area contributed by atoms with Crippen LogP contribution in [0.4, 0.5) is 0 Å². The van der Waals surface area contributed by atoms with Gasteiger partial charge in [0.25, 0.3) is 5.91 Å². The van der Waals surface area contributed by atoms with Gasteiger partial charge in [-0.05, 0) is 25.5 Å². The molecule has 0 aliphatic heterocycles. The molecule has 3 nitrogen and oxygen atoms in total. The summed E-state index contributed by atoms with van der Waals surface area (Å²) in [6.45, 7) is 5.60. The summed E-state index contributed by atoms with van der Waals surface area (Å²) < 4.78 is 0. The molecule has 1 aromatic rings. The number of aryl methyl sites for hydroxylation is 1. The van der Waals surface area contributed by atoms with E-state index in [2.05, 4.69) is 27.8 Å². The van der Waals surface area contributed by atoms with Crippen LogP contribution in [-0.2, 0) is 0 Å². The molecule has 0 aromatic carbocycles. The average molecular weight is 299 g/mol. The maximum Gasteiger partial charge on any atom is 0.254 e. The van der Waals surface area contributed by atoms with Crippen molar-refractivity contribution in [3.8, 4) is 0 Å². The fourth-order valence-corrected chi connectivity index (χ4v) is 2.06. The molecule has 0 bridgehead atoms. The molecule has 1 heterocycles. The van der Waals surface area contributed by atoms with Crippen LogP contribution in [0.15, 0.2) is 18.3 Å². The van der Waals surface area contributed by atoms with Gasteiger partial charge < -0.3 is 4.90 Å². The molecule has 0 unspecified atom stereocenters. The highest BCUT2D eigenvalue weighted by atomic mass is 79.9. The van der Waals surface area contributed by atoms with E-state index in [1.54, 1.807) is 12.3 Å². The number of hydrogen-bond acceptors (Lipinski definition) is 2. The fraction of sp³-hybridized carbons (Fsp3) is 0.538. The smallest absolute Gasteiger partial charge is 0.254 e. The average Bonchev–Trinajstić information content (AvgIpc) is 2.33. The van der Waals surface area contributed by atoms with Crippen LogP contribution in [0.1, 0.15) is 35.8 Å². The number of alkyl halides is 1. The molecule has 0 atom stereocenters. The van der Waals surface area contributed by atoms with Crippen molar-refractivity contribution in [1.29, 1.82) is 0 Å². The molecule has 0 aliphatic rings. The number of carbonyl (C=O) groups is 1. The highest BCUT2D eigenvalue weighted by molar-refractivity contribution is 9.09. The van der Waals surface area contributed by atoms with Crippen molar-refractivity contribution in [3.63, 3.8) is 0 Å². The predicted molar refractivity (Wildman–Crippen MR) is 73.6 cm³/mol. The van der Waals surface area contributed by atoms with Crippen LogP contribution in [0.25, 0.3) is 0 Å². The van der Waals surface area contributed by atoms with Gasteiger partial charge in [0, 0.05) is 35.9 Å². The molecule has 1 rings (SSSR count). The normalized spacial score (nSPS) is 10.3. The van der Waals surface area contributed by atoms with Crippen molar-refractivity contribution in [2.75, 3.05) is 18.4 Å². The van der Waals surface area contributed by atoms with Gasteiger partial charge in [-0.15, -0.1) is 0 Å². The number of nitrogens with zero attached hydrogens (tertiary/aromatic N) is 2. The zero-order chi connectivity index (χ0) is 12.7. The number of unbranched alkanes of at least 4 members (excludes halogenated alkanes) is 1. The largest absolute Gasteiger partial charge is 0.338 e. The van der Waals surface area contributed by atoms with Crippen molar-refractivity contribution in [2.45, 2.75) is 26.7 Å². The number of hydrogen-bond donors (Lipinski definition) is 0. The van der Waals surface area contributed by atoms with E-state index < -0.39 is 0 Å². The number of halogens is 1. The molecule has 0 fully saturated rings. The van der Waals surface area contributed by atoms with E-state index in [0.717, 1.165) is 42.5 Å². The van der Waals surface area contributed by atoms with Gasteiger partial charge in [-0.25, -0.2) is 0 Å². The molecule has 1 aromatic heterocycles. The summed E-state index contributed by atoms with van der Waals surface area (Å²) in [5.74, 6) is 0.100. The van der Waals surface area contributed by atoms with Crippen molar-refractivity contribution >= 4 is 21.8 Å². The Morgan fingerprint density at radius 2 is 2.24 bits per heavy atom. The van der Waals surface area contributed by atoms with Gasteiger partial charge in [0.2, 0.25) is 0 Å². The van der Waals surface area contributed by atoms with Gasteiger partial charge in [-0.3, -0.25) is 9.78 Å². The first-order valence-electron chi connectivity index (χ1n) is 5.97. The second-order valence-electron chi connectivity index (χ2n) is 4.02. The molecule has 4 heteroatoms. The van der Waals surface area contributed by atoms with Gasteiger partial charge in [-0.1, -0.05) is 29.3 Å². The van der Waals surface area contributed by atoms with E-state index in [-0.39, 0.29) is 5.91 Å². The molecule has 17 heavy (non-hydrogen) atoms. The highest BCUT2D eigenvalue weighted by Crippen LogP contribution is 2.07. The summed E-state index contributed by atoms with van der Waals surface area (Å²) >= 11 is 3.39. The van der Waals surface area contributed by atoms with Gasteiger partial charge in [-0.2, -0.15) is 0 Å². The minimum absolute atomic E-state index is 0.100. The number of aromatic nitrogens is 1. The van der Waals surface area contributed by atoms with E-state index in [1.165, 1.54) is 0 Å². The second-order valence-corrected chi connectivity index (χ2v) is 4.81. The number of pyridine rings is 1. The summed E-state index contributed by atoms with van der Waals surface area (Å²) in [6.07, 6.45) is 3.83. The first-order valence-corrected chi connectivity index (χ1v) is 7.09. The summed E-state index contributed by atoms with van der Waals surface area (Å²) in [5.41, 5.74) is 1.61. The van der Waals surface area contributed by atoms with Crippen LogP contribution in [0.3, 0.4) is 0 Å². The Balaban J connectivity index is 2.76. The Morgan fingerprint density at radius 3 is 2.82 bits per heavy atom. The molecule has 1 amide bonds. The Labute approximate surface area is 111 Å². The number of rotatable bonds is 6. The lowest BCUT2D eigenvalue weighted by Crippen LogP contribution is -2.33. The third-order valence-corrected chi connectivity index (χ3v) is 2.92. The monoisotopic (exact) mass is 298 g/mol. The third-order valence-electron chi connectivity index (χ3n) is 2.57. The fourth-order valence-electron chi connectivity index (χ4n) is 1.63. The van der Waals surface area contributed by atoms with Gasteiger partial charge in [0.05, 0.1) is 0 Å². The zero-order valence-corrected chi connectivity index (χ0v) is 12.0. The Bertz CT molecular complexity index is 368. The van der Waals surface area contributed by atoms with E-state index in [0.29, 0.717) is 0 Å². The quantitative estimate of drug-likeness (QED) is 0.757. The minimum Gasteiger partial charge on any atom is -0.338 e. The van der Waals surface area contributed by atoms with Crippen LogP contribution in [0, 0.1) is 6.92 Å². The Hall–Kier alpha value is -0.900. The maximum absolute atomic E-state index is 12.3. The highest BCUT2D eigenvalue weighted by Gasteiger charge is 2.14. The van der Waals surface area contributed by atoms with Crippen molar-refractivity contribution in [1.82, 2.24) is 9.88 Å². The Kier molecular flexibility index (Phi) is 6.19. The minimum atomic E-state index is 0.100. The van der Waals surface area contributed by atoms with Crippen LogP contribution >= 0.6 is 15.9 Å². The summed E-state index contributed by atoms with van der Waals surface area (Å²) in [5, 5.41) is 0.812. The summed E-state index contributed by atoms with van der Waals surface area (Å²) in [4.78, 5) is 18.3. The van der Waals surface area contributed by atoms with Crippen LogP contribution in [0.2, 0.25) is 0 Å². The molecule has 94 valence electrons. The van der Waals surface area contributed by atoms with Gasteiger partial charge in [0.1, 0.15) is 0 Å². The molecular formula is C13H19BrN2O. The van der Waals surface area contributed by atoms with Crippen LogP contribution in [-0.4, -0.2) is 34.2 Å². The molecule has 0 radical (unpaired) electrons. The van der Waals surface area contributed by atoms with Crippen molar-refractivity contribution < 1.29 is 4.79 Å². The molecule has 0 saturated carbocycles. The van der Waals surface area contributed by atoms with Crippen molar-refractivity contribution in [2.24, 2.45) is 0 Å². The first-order chi connectivity index (χ1) is 8.19. The second kappa shape index (κ2) is 7.43. The van der Waals surface area contributed by atoms with E-state index in [1.807, 2.05) is 17.9 Å². The van der Waals surface area contributed by atoms with E-state index in [9.17, 15) is 4.79 Å². The predicted octanol–water partition coefficient (Wildman–Crippen LogP) is 3.03. The lowest BCUT2D eigenvalue weighted by atomic mass is 10.2. The standard InChI is InChI=1S/C13H19BrN2O/c1-3-4-8-16(9-6-14)13(17)12-5-7-15-11(2)10-12/h5,7,10H,3-4,6,8-9H2,1-2H3. The van der Waals surface area contributed by atoms with E-state index in [4.69, 9.17) is 0 Å². The van der Waals surface area contributed by atoms with Crippen LogP contribution < -0.4 is 0 Å². The topological polar surface area (TPSA) is 33.2 Å². The summed E-state index contributed by atoms with van der Waals surface area (Å²) in [7, 11) is 0. The molecule has 0 saturated heterocycles. The lowest BCUT2D eigenvalue weighted by molar-refractivity contribution is 0.0764. The van der Waals surface area contributed by atoms with Crippen molar-refractivity contribution in [3.05, 3.63) is 29.6 Å². The maximum atomic E-state index is 12.3. The lowest BCUT2D eigenvalue weighted by Gasteiger charge is -2.21. The van der Waals surface area contributed by atoms with Crippen LogP contribution in [0.5, 0.6) is 0 Å². The SMILES string of the molecule is CCCCN(CCBr)C(=O)c1ccnc(C)c1. The van der Waals surface area contributed by atoms with Gasteiger partial charge in [0.15, 0.2) is 0 Å². The number of amides is 1. The molecular weight excluding hydrogens is 280 g/mol. The number of carbonyl (C=O) groups excluding carboxylic acids is 1. The molecule has 0 aliphatic carbocycles.